The van der Waals surface area contributed by atoms with Crippen LogP contribution in [0.15, 0.2) is 0 Å². The summed E-state index contributed by atoms with van der Waals surface area (Å²) >= 11 is 0. The summed E-state index contributed by atoms with van der Waals surface area (Å²) in [4.78, 5) is 24.3. The number of phosphoric acid groups is 1. The molecule has 0 amide bonds. The second-order valence-electron chi connectivity index (χ2n) is 7.20. The Balaban J connectivity index is -0.000000844. The number of rotatable bonds is 18. The molecule has 0 aliphatic carbocycles. The molecule has 0 saturated carbocycles. The Morgan fingerprint density at radius 1 is 0.593 bits per heavy atom. The van der Waals surface area contributed by atoms with Gasteiger partial charge in [-0.2, -0.15) is 0 Å². The van der Waals surface area contributed by atoms with E-state index in [0.29, 0.717) is 6.61 Å². The summed E-state index contributed by atoms with van der Waals surface area (Å²) in [6.45, 7) is 2.66. The smallest absolute Gasteiger partial charge is 0.790 e. The molecule has 0 bridgehead atoms. The Kier molecular flexibility index (Phi) is 32.8. The maximum atomic E-state index is 8.69. The van der Waals surface area contributed by atoms with Gasteiger partial charge in [0.05, 0.1) is 7.82 Å². The molecule has 0 aromatic heterocycles. The summed E-state index contributed by atoms with van der Waals surface area (Å²) in [5, 5.41) is 8.69. The standard InChI is InChI=1S/C20H42O.Na.H3O4P/c1-2-3-4-5-6-7-8-9-10-11-12-13-14-15-16-17-18-19-20-21;;1-5(2,3)4/h21H,2-20H2,1H3;;(H3,1,2,3,4)/q;+1;/p-2. The summed E-state index contributed by atoms with van der Waals surface area (Å²) < 4.78 is 8.66. The number of aliphatic hydroxyl groups is 1. The van der Waals surface area contributed by atoms with E-state index in [4.69, 9.17) is 24.4 Å². The van der Waals surface area contributed by atoms with E-state index in [2.05, 4.69) is 6.92 Å². The third-order valence-electron chi connectivity index (χ3n) is 4.51. The average Bonchev–Trinajstić information content (AvgIpc) is 2.56. The van der Waals surface area contributed by atoms with Crippen molar-refractivity contribution in [3.05, 3.63) is 0 Å². The molecule has 0 aromatic rings. The summed E-state index contributed by atoms with van der Waals surface area (Å²) in [6, 6.07) is 0. The molecule has 0 heterocycles. The number of hydrogen-bond acceptors (Lipinski definition) is 4. The molecular formula is C20H43NaO5P-. The van der Waals surface area contributed by atoms with E-state index in [0.717, 1.165) is 6.42 Å². The minimum atomic E-state index is -5.14. The van der Waals surface area contributed by atoms with Crippen molar-refractivity contribution >= 4 is 7.82 Å². The normalized spacial score (nSPS) is 10.9. The second kappa shape index (κ2) is 27.1. The fourth-order valence-corrected chi connectivity index (χ4v) is 3.01. The van der Waals surface area contributed by atoms with Crippen LogP contribution in [0.1, 0.15) is 122 Å². The van der Waals surface area contributed by atoms with Gasteiger partial charge in [-0.3, -0.25) is 0 Å². The van der Waals surface area contributed by atoms with Crippen molar-refractivity contribution in [1.29, 1.82) is 0 Å². The third-order valence-corrected chi connectivity index (χ3v) is 4.51. The van der Waals surface area contributed by atoms with Gasteiger partial charge in [-0.15, -0.1) is 0 Å². The summed E-state index contributed by atoms with van der Waals surface area (Å²) in [6.07, 6.45) is 25.1. The molecule has 27 heavy (non-hydrogen) atoms. The Labute approximate surface area is 190 Å². The molecule has 0 fully saturated rings. The van der Waals surface area contributed by atoms with Gasteiger partial charge in [-0.1, -0.05) is 116 Å². The molecule has 0 unspecified atom stereocenters. The molecule has 0 aliphatic heterocycles. The van der Waals surface area contributed by atoms with Gasteiger partial charge < -0.3 is 24.4 Å². The first-order chi connectivity index (χ1) is 12.4. The van der Waals surface area contributed by atoms with Gasteiger partial charge in [0.2, 0.25) is 0 Å². The fraction of sp³-hybridized carbons (Fsp3) is 1.00. The van der Waals surface area contributed by atoms with Crippen LogP contribution in [0.2, 0.25) is 0 Å². The predicted molar refractivity (Wildman–Crippen MR) is 106 cm³/mol. The first kappa shape index (κ1) is 32.7. The van der Waals surface area contributed by atoms with E-state index in [1.54, 1.807) is 0 Å². The van der Waals surface area contributed by atoms with Crippen LogP contribution in [-0.2, 0) is 4.57 Å². The molecule has 2 N–H and O–H groups in total. The summed E-state index contributed by atoms with van der Waals surface area (Å²) in [7, 11) is -5.14. The van der Waals surface area contributed by atoms with Crippen LogP contribution in [-0.4, -0.2) is 16.6 Å². The number of hydrogen-bond donors (Lipinski definition) is 2. The van der Waals surface area contributed by atoms with Gasteiger partial charge in [-0.25, -0.2) is 0 Å². The molecule has 0 atom stereocenters. The van der Waals surface area contributed by atoms with Crippen molar-refractivity contribution in [2.45, 2.75) is 122 Å². The van der Waals surface area contributed by atoms with E-state index >= 15 is 0 Å². The monoisotopic (exact) mass is 417 g/mol. The van der Waals surface area contributed by atoms with Gasteiger partial charge in [-0.05, 0) is 6.42 Å². The van der Waals surface area contributed by atoms with Crippen LogP contribution < -0.4 is 39.3 Å². The van der Waals surface area contributed by atoms with Crippen LogP contribution >= 0.6 is 7.82 Å². The van der Waals surface area contributed by atoms with Crippen molar-refractivity contribution in [2.75, 3.05) is 6.61 Å². The quantitative estimate of drug-likeness (QED) is 0.201. The van der Waals surface area contributed by atoms with Gasteiger partial charge >= 0.3 is 29.6 Å². The van der Waals surface area contributed by atoms with E-state index < -0.39 is 7.82 Å². The van der Waals surface area contributed by atoms with Crippen molar-refractivity contribution in [1.82, 2.24) is 0 Å². The van der Waals surface area contributed by atoms with E-state index in [1.165, 1.54) is 109 Å². The molecule has 0 rings (SSSR count). The second-order valence-corrected chi connectivity index (χ2v) is 8.14. The predicted octanol–water partition coefficient (Wildman–Crippen LogP) is 1.83. The Bertz CT molecular complexity index is 274. The largest absolute Gasteiger partial charge is 1.00 e. The molecule has 0 spiro atoms. The Morgan fingerprint density at radius 2 is 0.778 bits per heavy atom. The van der Waals surface area contributed by atoms with Crippen LogP contribution in [0.4, 0.5) is 0 Å². The molecule has 7 heteroatoms. The van der Waals surface area contributed by atoms with E-state index in [9.17, 15) is 0 Å². The molecule has 5 nitrogen and oxygen atoms in total. The summed E-state index contributed by atoms with van der Waals surface area (Å²) in [5.74, 6) is 0. The first-order valence-corrected chi connectivity index (χ1v) is 12.3. The minimum Gasteiger partial charge on any atom is -0.790 e. The van der Waals surface area contributed by atoms with Gasteiger partial charge in [0.25, 0.3) is 0 Å². The number of unbranched alkanes of at least 4 members (excludes halogenated alkanes) is 17. The molecule has 160 valence electrons. The molecule has 0 saturated heterocycles. The molecule has 0 radical (unpaired) electrons. The third kappa shape index (κ3) is 46.8. The zero-order valence-electron chi connectivity index (χ0n) is 18.0. The Hall–Kier alpha value is 1.07. The van der Waals surface area contributed by atoms with Crippen molar-refractivity contribution < 1.29 is 53.9 Å². The van der Waals surface area contributed by atoms with Gasteiger partial charge in [0, 0.05) is 6.61 Å². The van der Waals surface area contributed by atoms with E-state index in [1.807, 2.05) is 0 Å². The number of aliphatic hydroxyl groups excluding tert-OH is 1. The maximum Gasteiger partial charge on any atom is 1.00 e. The average molecular weight is 418 g/mol. The molecular weight excluding hydrogens is 374 g/mol. The van der Waals surface area contributed by atoms with Crippen LogP contribution in [0, 0.1) is 0 Å². The SMILES string of the molecule is CCCCCCCCCCCCCCCCCCCCO.O=P([O-])([O-])O.[Na+]. The van der Waals surface area contributed by atoms with Crippen LogP contribution in [0.3, 0.4) is 0 Å². The first-order valence-electron chi connectivity index (χ1n) is 10.8. The fourth-order valence-electron chi connectivity index (χ4n) is 3.01. The van der Waals surface area contributed by atoms with Crippen molar-refractivity contribution in [3.63, 3.8) is 0 Å². The van der Waals surface area contributed by atoms with Crippen molar-refractivity contribution in [3.8, 4) is 0 Å². The zero-order valence-corrected chi connectivity index (χ0v) is 20.9. The minimum absolute atomic E-state index is 0. The zero-order chi connectivity index (χ0) is 19.9. The van der Waals surface area contributed by atoms with Gasteiger partial charge in [0.1, 0.15) is 0 Å². The molecule has 0 aliphatic rings. The maximum absolute atomic E-state index is 8.69. The van der Waals surface area contributed by atoms with E-state index in [-0.39, 0.29) is 29.6 Å². The van der Waals surface area contributed by atoms with Crippen molar-refractivity contribution in [2.24, 2.45) is 0 Å². The Morgan fingerprint density at radius 3 is 0.963 bits per heavy atom. The summed E-state index contributed by atoms with van der Waals surface area (Å²) in [5.41, 5.74) is 0. The van der Waals surface area contributed by atoms with Crippen LogP contribution in [0.25, 0.3) is 0 Å². The topological polar surface area (TPSA) is 104 Å². The molecule has 0 aromatic carbocycles. The van der Waals surface area contributed by atoms with Gasteiger partial charge in [0.15, 0.2) is 0 Å². The van der Waals surface area contributed by atoms with Crippen LogP contribution in [0.5, 0.6) is 0 Å².